The number of allylic oxidation sites excluding steroid dienone is 1. The normalized spacial score (nSPS) is 11.0. The molecule has 0 saturated carbocycles. The summed E-state index contributed by atoms with van der Waals surface area (Å²) in [6.07, 6.45) is 3.72. The van der Waals surface area contributed by atoms with E-state index in [4.69, 9.17) is 14.2 Å². The molecule has 2 aromatic carbocycles. The molecule has 0 amide bonds. The van der Waals surface area contributed by atoms with Crippen LogP contribution in [-0.2, 0) is 13.2 Å². The van der Waals surface area contributed by atoms with E-state index in [2.05, 4.69) is 6.92 Å². The van der Waals surface area contributed by atoms with Gasteiger partial charge in [-0.2, -0.15) is 0 Å². The van der Waals surface area contributed by atoms with Crippen LogP contribution in [-0.4, -0.2) is 17.3 Å². The van der Waals surface area contributed by atoms with Crippen molar-refractivity contribution in [1.29, 1.82) is 0 Å². The highest BCUT2D eigenvalue weighted by Gasteiger charge is 2.21. The van der Waals surface area contributed by atoms with E-state index in [-0.39, 0.29) is 17.4 Å². The molecule has 0 aliphatic rings. The Morgan fingerprint density at radius 1 is 1.03 bits per heavy atom. The molecule has 1 heterocycles. The minimum absolute atomic E-state index is 0.144. The molecule has 3 rings (SSSR count). The van der Waals surface area contributed by atoms with Gasteiger partial charge >= 0.3 is 0 Å². The zero-order valence-electron chi connectivity index (χ0n) is 20.4. The third-order valence-electron chi connectivity index (χ3n) is 5.21. The Hall–Kier alpha value is -3.21. The van der Waals surface area contributed by atoms with Crippen molar-refractivity contribution in [3.05, 3.63) is 76.1 Å². The fraction of sp³-hybridized carbons (Fsp3) is 0.393. The molecule has 0 atom stereocenters. The molecule has 0 spiro atoms. The summed E-state index contributed by atoms with van der Waals surface area (Å²) < 4.78 is 19.9. The van der Waals surface area contributed by atoms with Crippen LogP contribution in [0.2, 0.25) is 0 Å². The van der Waals surface area contributed by atoms with Crippen LogP contribution in [0.4, 0.5) is 0 Å². The lowest BCUT2D eigenvalue weighted by Gasteiger charge is -2.20. The van der Waals surface area contributed by atoms with Gasteiger partial charge in [0.2, 0.25) is 5.75 Å². The Morgan fingerprint density at radius 3 is 2.45 bits per heavy atom. The fourth-order valence-electron chi connectivity index (χ4n) is 3.52. The van der Waals surface area contributed by atoms with Crippen LogP contribution in [0.25, 0.3) is 10.9 Å². The molecule has 0 unspecified atom stereocenters. The summed E-state index contributed by atoms with van der Waals surface area (Å²) in [5, 5.41) is 0.843. The monoisotopic (exact) mass is 449 g/mol. The Labute approximate surface area is 196 Å². The number of aryl methyl sites for hydroxylation is 1. The fourth-order valence-corrected chi connectivity index (χ4v) is 3.52. The average Bonchev–Trinajstić information content (AvgIpc) is 2.79. The number of hydrogen-bond donors (Lipinski definition) is 0. The van der Waals surface area contributed by atoms with Gasteiger partial charge in [0.25, 0.3) is 5.56 Å². The average molecular weight is 450 g/mol. The lowest BCUT2D eigenvalue weighted by atomic mass is 10.1. The number of unbranched alkanes of at least 4 members (excludes halogenated alkanes) is 1. The first kappa shape index (κ1) is 24.4. The largest absolute Gasteiger partial charge is 0.489 e. The minimum atomic E-state index is -0.169. The van der Waals surface area contributed by atoms with E-state index in [0.717, 1.165) is 34.9 Å². The SMILES string of the molecule is CCCCn1c(=O)c(OC(C)C)c(OCC=C(C)C)c2ccc(OCc3ccccc3)cc21. The van der Waals surface area contributed by atoms with Gasteiger partial charge in [-0.3, -0.25) is 4.79 Å². The van der Waals surface area contributed by atoms with Gasteiger partial charge in [0.1, 0.15) is 19.0 Å². The summed E-state index contributed by atoms with van der Waals surface area (Å²) in [5.74, 6) is 1.47. The van der Waals surface area contributed by atoms with Crippen molar-refractivity contribution in [2.24, 2.45) is 0 Å². The van der Waals surface area contributed by atoms with Crippen molar-refractivity contribution < 1.29 is 14.2 Å². The molecule has 0 radical (unpaired) electrons. The second kappa shape index (κ2) is 11.6. The summed E-state index contributed by atoms with van der Waals surface area (Å²) in [7, 11) is 0. The van der Waals surface area contributed by atoms with Crippen molar-refractivity contribution in [3.8, 4) is 17.2 Å². The predicted molar refractivity (Wildman–Crippen MR) is 135 cm³/mol. The topological polar surface area (TPSA) is 49.7 Å². The van der Waals surface area contributed by atoms with E-state index in [0.29, 0.717) is 31.3 Å². The van der Waals surface area contributed by atoms with E-state index in [9.17, 15) is 4.79 Å². The van der Waals surface area contributed by atoms with Crippen LogP contribution in [0.5, 0.6) is 17.2 Å². The molecule has 5 nitrogen and oxygen atoms in total. The maximum Gasteiger partial charge on any atom is 0.297 e. The van der Waals surface area contributed by atoms with E-state index in [1.54, 1.807) is 4.57 Å². The first-order valence-corrected chi connectivity index (χ1v) is 11.7. The lowest BCUT2D eigenvalue weighted by Crippen LogP contribution is -2.25. The Bertz CT molecular complexity index is 1140. The van der Waals surface area contributed by atoms with Gasteiger partial charge in [0, 0.05) is 18.0 Å². The van der Waals surface area contributed by atoms with Gasteiger partial charge < -0.3 is 18.8 Å². The van der Waals surface area contributed by atoms with E-state index < -0.39 is 0 Å². The zero-order valence-corrected chi connectivity index (χ0v) is 20.4. The number of nitrogens with zero attached hydrogens (tertiary/aromatic N) is 1. The summed E-state index contributed by atoms with van der Waals surface area (Å²) in [5.41, 5.74) is 2.87. The maximum atomic E-state index is 13.5. The molecule has 176 valence electrons. The van der Waals surface area contributed by atoms with Crippen molar-refractivity contribution in [3.63, 3.8) is 0 Å². The molecule has 0 aliphatic heterocycles. The van der Waals surface area contributed by atoms with E-state index >= 15 is 0 Å². The molecule has 0 N–H and O–H groups in total. The van der Waals surface area contributed by atoms with Crippen LogP contribution in [0.1, 0.15) is 53.0 Å². The Kier molecular flexibility index (Phi) is 8.58. The second-order valence-electron chi connectivity index (χ2n) is 8.68. The van der Waals surface area contributed by atoms with Gasteiger partial charge in [-0.25, -0.2) is 0 Å². The van der Waals surface area contributed by atoms with Crippen LogP contribution < -0.4 is 19.8 Å². The smallest absolute Gasteiger partial charge is 0.297 e. The standard InChI is InChI=1S/C28H35NO4/c1-6-7-16-29-25-18-23(32-19-22-11-9-8-10-12-22)13-14-24(25)26(31-17-15-20(2)3)27(28(29)30)33-21(4)5/h8-15,18,21H,6-7,16-17,19H2,1-5H3. The molecule has 0 fully saturated rings. The first-order chi connectivity index (χ1) is 15.9. The van der Waals surface area contributed by atoms with Crippen LogP contribution in [0.15, 0.2) is 65.0 Å². The third kappa shape index (κ3) is 6.41. The van der Waals surface area contributed by atoms with Gasteiger partial charge in [0.05, 0.1) is 11.6 Å². The number of benzene rings is 2. The highest BCUT2D eigenvalue weighted by atomic mass is 16.5. The van der Waals surface area contributed by atoms with Gasteiger partial charge in [-0.1, -0.05) is 49.2 Å². The predicted octanol–water partition coefficient (Wildman–Crippen LogP) is 6.51. The van der Waals surface area contributed by atoms with Crippen molar-refractivity contribution >= 4 is 10.9 Å². The number of ether oxygens (including phenoxy) is 3. The van der Waals surface area contributed by atoms with Crippen LogP contribution in [0, 0.1) is 0 Å². The quantitative estimate of drug-likeness (QED) is 0.313. The summed E-state index contributed by atoms with van der Waals surface area (Å²) >= 11 is 0. The molecule has 3 aromatic rings. The highest BCUT2D eigenvalue weighted by Crippen LogP contribution is 2.35. The van der Waals surface area contributed by atoms with Crippen LogP contribution in [0.3, 0.4) is 0 Å². The van der Waals surface area contributed by atoms with Crippen LogP contribution >= 0.6 is 0 Å². The number of fused-ring (bicyclic) bond motifs is 1. The number of rotatable bonds is 11. The zero-order chi connectivity index (χ0) is 23.8. The van der Waals surface area contributed by atoms with Gasteiger partial charge in [0.15, 0.2) is 5.75 Å². The summed E-state index contributed by atoms with van der Waals surface area (Å²) in [6.45, 7) is 11.4. The minimum Gasteiger partial charge on any atom is -0.489 e. The second-order valence-corrected chi connectivity index (χ2v) is 8.68. The highest BCUT2D eigenvalue weighted by molar-refractivity contribution is 5.89. The number of pyridine rings is 1. The van der Waals surface area contributed by atoms with E-state index in [1.807, 2.05) is 82.3 Å². The summed E-state index contributed by atoms with van der Waals surface area (Å²) in [6, 6.07) is 15.9. The van der Waals surface area contributed by atoms with Crippen molar-refractivity contribution in [2.75, 3.05) is 6.61 Å². The molecular weight excluding hydrogens is 414 g/mol. The first-order valence-electron chi connectivity index (χ1n) is 11.7. The Balaban J connectivity index is 2.10. The Morgan fingerprint density at radius 2 is 1.79 bits per heavy atom. The summed E-state index contributed by atoms with van der Waals surface area (Å²) in [4.78, 5) is 13.5. The number of hydrogen-bond acceptors (Lipinski definition) is 4. The molecule has 33 heavy (non-hydrogen) atoms. The van der Waals surface area contributed by atoms with Crippen molar-refractivity contribution in [2.45, 2.75) is 66.7 Å². The van der Waals surface area contributed by atoms with Crippen molar-refractivity contribution in [1.82, 2.24) is 4.57 Å². The van der Waals surface area contributed by atoms with Gasteiger partial charge in [-0.15, -0.1) is 0 Å². The molecule has 0 bridgehead atoms. The molecule has 1 aromatic heterocycles. The van der Waals surface area contributed by atoms with Gasteiger partial charge in [-0.05, 0) is 57.9 Å². The molecule has 5 heteroatoms. The molecular formula is C28H35NO4. The third-order valence-corrected chi connectivity index (χ3v) is 5.21. The van der Waals surface area contributed by atoms with E-state index in [1.165, 1.54) is 0 Å². The number of aromatic nitrogens is 1. The molecule has 0 aliphatic carbocycles. The lowest BCUT2D eigenvalue weighted by molar-refractivity contribution is 0.222. The molecule has 0 saturated heterocycles. The maximum absolute atomic E-state index is 13.5.